The molecule has 2 amide bonds. The number of hydrogen-bond acceptors (Lipinski definition) is 5. The SMILES string of the molecule is NC(=O)c1ncn(CC(=O)Nc2ccc(-n3ccccc3=O)cc2F)n1. The van der Waals surface area contributed by atoms with Crippen LogP contribution in [0.3, 0.4) is 0 Å². The van der Waals surface area contributed by atoms with Gasteiger partial charge in [-0.2, -0.15) is 0 Å². The van der Waals surface area contributed by atoms with Gasteiger partial charge in [-0.15, -0.1) is 5.10 Å². The number of pyridine rings is 1. The minimum atomic E-state index is -0.818. The second-order valence-electron chi connectivity index (χ2n) is 5.25. The lowest BCUT2D eigenvalue weighted by Crippen LogP contribution is -2.21. The first-order valence-corrected chi connectivity index (χ1v) is 7.41. The van der Waals surface area contributed by atoms with Crippen LogP contribution in [-0.4, -0.2) is 31.1 Å². The van der Waals surface area contributed by atoms with Crippen LogP contribution in [0.15, 0.2) is 53.7 Å². The van der Waals surface area contributed by atoms with Crippen molar-refractivity contribution in [2.75, 3.05) is 5.32 Å². The second kappa shape index (κ2) is 6.97. The summed E-state index contributed by atoms with van der Waals surface area (Å²) in [7, 11) is 0. The summed E-state index contributed by atoms with van der Waals surface area (Å²) in [6.07, 6.45) is 2.68. The summed E-state index contributed by atoms with van der Waals surface area (Å²) < 4.78 is 16.6. The molecule has 0 aliphatic rings. The Labute approximate surface area is 145 Å². The molecule has 0 bridgehead atoms. The van der Waals surface area contributed by atoms with E-state index in [4.69, 9.17) is 5.73 Å². The van der Waals surface area contributed by atoms with Crippen molar-refractivity contribution < 1.29 is 14.0 Å². The number of aromatic nitrogens is 4. The molecule has 2 aromatic heterocycles. The van der Waals surface area contributed by atoms with Gasteiger partial charge < -0.3 is 11.1 Å². The third-order valence-electron chi connectivity index (χ3n) is 3.39. The molecule has 9 nitrogen and oxygen atoms in total. The first-order chi connectivity index (χ1) is 12.4. The number of anilines is 1. The number of carbonyl (C=O) groups is 2. The van der Waals surface area contributed by atoms with Crippen LogP contribution in [0.4, 0.5) is 10.1 Å². The van der Waals surface area contributed by atoms with Gasteiger partial charge in [-0.1, -0.05) is 6.07 Å². The molecule has 26 heavy (non-hydrogen) atoms. The third-order valence-corrected chi connectivity index (χ3v) is 3.39. The molecule has 1 aromatic carbocycles. The summed E-state index contributed by atoms with van der Waals surface area (Å²) in [5.41, 5.74) is 4.99. The van der Waals surface area contributed by atoms with Gasteiger partial charge >= 0.3 is 0 Å². The maximum atomic E-state index is 14.3. The topological polar surface area (TPSA) is 125 Å². The highest BCUT2D eigenvalue weighted by molar-refractivity contribution is 5.91. The fraction of sp³-hybridized carbons (Fsp3) is 0.0625. The van der Waals surface area contributed by atoms with Crippen LogP contribution < -0.4 is 16.6 Å². The van der Waals surface area contributed by atoms with E-state index in [0.29, 0.717) is 5.69 Å². The number of primary amides is 1. The largest absolute Gasteiger partial charge is 0.363 e. The zero-order chi connectivity index (χ0) is 18.7. The van der Waals surface area contributed by atoms with Crippen LogP contribution >= 0.6 is 0 Å². The molecule has 0 atom stereocenters. The van der Waals surface area contributed by atoms with E-state index < -0.39 is 17.6 Å². The molecule has 3 N–H and O–H groups in total. The van der Waals surface area contributed by atoms with E-state index in [-0.39, 0.29) is 23.6 Å². The maximum absolute atomic E-state index is 14.3. The smallest absolute Gasteiger partial charge is 0.288 e. The van der Waals surface area contributed by atoms with E-state index in [9.17, 15) is 18.8 Å². The molecule has 2 heterocycles. The molecule has 10 heteroatoms. The highest BCUT2D eigenvalue weighted by Gasteiger charge is 2.12. The maximum Gasteiger partial charge on any atom is 0.288 e. The molecular weight excluding hydrogens is 343 g/mol. The van der Waals surface area contributed by atoms with Gasteiger partial charge in [-0.25, -0.2) is 14.1 Å². The molecule has 0 fully saturated rings. The lowest BCUT2D eigenvalue weighted by atomic mass is 10.2. The molecular formula is C16H13FN6O3. The number of hydrogen-bond donors (Lipinski definition) is 2. The number of rotatable bonds is 5. The van der Waals surface area contributed by atoms with Crippen molar-refractivity contribution >= 4 is 17.5 Å². The normalized spacial score (nSPS) is 10.5. The molecule has 132 valence electrons. The molecule has 3 aromatic rings. The van der Waals surface area contributed by atoms with Crippen LogP contribution in [0.1, 0.15) is 10.6 Å². The van der Waals surface area contributed by atoms with Crippen molar-refractivity contribution in [3.63, 3.8) is 0 Å². The van der Waals surface area contributed by atoms with Gasteiger partial charge in [0.15, 0.2) is 0 Å². The van der Waals surface area contributed by atoms with Gasteiger partial charge in [0.25, 0.3) is 11.5 Å². The Bertz CT molecular complexity index is 1040. The number of nitrogens with one attached hydrogen (secondary N) is 1. The number of nitrogens with two attached hydrogens (primary N) is 1. The fourth-order valence-corrected chi connectivity index (χ4v) is 2.22. The van der Waals surface area contributed by atoms with Crippen molar-refractivity contribution in [1.82, 2.24) is 19.3 Å². The summed E-state index contributed by atoms with van der Waals surface area (Å²) in [4.78, 5) is 38.3. The van der Waals surface area contributed by atoms with Crippen molar-refractivity contribution in [3.05, 3.63) is 70.9 Å². The molecule has 3 rings (SSSR count). The van der Waals surface area contributed by atoms with E-state index in [1.165, 1.54) is 35.3 Å². The van der Waals surface area contributed by atoms with E-state index >= 15 is 0 Å². The predicted octanol–water partition coefficient (Wildman–Crippen LogP) is 0.306. The number of benzene rings is 1. The van der Waals surface area contributed by atoms with Crippen LogP contribution in [0.25, 0.3) is 5.69 Å². The van der Waals surface area contributed by atoms with E-state index in [1.54, 1.807) is 12.1 Å². The van der Waals surface area contributed by atoms with Crippen LogP contribution in [0, 0.1) is 5.82 Å². The highest BCUT2D eigenvalue weighted by Crippen LogP contribution is 2.17. The number of nitrogens with zero attached hydrogens (tertiary/aromatic N) is 4. The van der Waals surface area contributed by atoms with Gasteiger partial charge in [0.1, 0.15) is 18.7 Å². The second-order valence-corrected chi connectivity index (χ2v) is 5.25. The zero-order valence-electron chi connectivity index (χ0n) is 13.3. The van der Waals surface area contributed by atoms with E-state index in [0.717, 1.165) is 10.7 Å². The van der Waals surface area contributed by atoms with Crippen molar-refractivity contribution in [2.45, 2.75) is 6.54 Å². The monoisotopic (exact) mass is 356 g/mol. The van der Waals surface area contributed by atoms with Crippen molar-refractivity contribution in [2.24, 2.45) is 5.73 Å². The summed E-state index contributed by atoms with van der Waals surface area (Å²) in [6.45, 7) is -0.278. The number of amides is 2. The highest BCUT2D eigenvalue weighted by atomic mass is 19.1. The summed E-state index contributed by atoms with van der Waals surface area (Å²) in [6, 6.07) is 8.56. The molecule has 0 saturated heterocycles. The minimum absolute atomic E-state index is 0.0574. The first kappa shape index (κ1) is 17.0. The lowest BCUT2D eigenvalue weighted by molar-refractivity contribution is -0.116. The van der Waals surface area contributed by atoms with Gasteiger partial charge in [0, 0.05) is 18.3 Å². The van der Waals surface area contributed by atoms with Gasteiger partial charge in [-0.05, 0) is 18.2 Å². The lowest BCUT2D eigenvalue weighted by Gasteiger charge is -2.09. The Morgan fingerprint density at radius 2 is 2.04 bits per heavy atom. The Morgan fingerprint density at radius 3 is 2.69 bits per heavy atom. The van der Waals surface area contributed by atoms with Crippen molar-refractivity contribution in [1.29, 1.82) is 0 Å². The van der Waals surface area contributed by atoms with Gasteiger partial charge in [0.2, 0.25) is 11.7 Å². The molecule has 0 radical (unpaired) electrons. The minimum Gasteiger partial charge on any atom is -0.363 e. The Morgan fingerprint density at radius 1 is 1.23 bits per heavy atom. The van der Waals surface area contributed by atoms with E-state index in [1.807, 2.05) is 0 Å². The number of carbonyl (C=O) groups excluding carboxylic acids is 2. The quantitative estimate of drug-likeness (QED) is 0.680. The molecule has 0 unspecified atom stereocenters. The van der Waals surface area contributed by atoms with Gasteiger partial charge in [-0.3, -0.25) is 19.0 Å². The molecule has 0 spiro atoms. The van der Waals surface area contributed by atoms with Gasteiger partial charge in [0.05, 0.1) is 11.4 Å². The Hall–Kier alpha value is -3.82. The summed E-state index contributed by atoms with van der Waals surface area (Å²) in [5, 5.41) is 6.10. The van der Waals surface area contributed by atoms with E-state index in [2.05, 4.69) is 15.4 Å². The molecule has 0 saturated carbocycles. The number of halogens is 1. The summed E-state index contributed by atoms with van der Waals surface area (Å²) >= 11 is 0. The first-order valence-electron chi connectivity index (χ1n) is 7.41. The molecule has 0 aliphatic heterocycles. The standard InChI is InChI=1S/C16H13FN6O3/c17-11-7-10(23-6-2-1-3-14(23)25)4-5-12(11)20-13(24)8-22-9-19-16(21-22)15(18)26/h1-7,9H,8H2,(H2,18,26)(H,20,24). The third kappa shape index (κ3) is 3.64. The predicted molar refractivity (Wildman–Crippen MR) is 89.2 cm³/mol. The van der Waals surface area contributed by atoms with Crippen molar-refractivity contribution in [3.8, 4) is 5.69 Å². The Balaban J connectivity index is 1.73. The van der Waals surface area contributed by atoms with Crippen LogP contribution in [0.2, 0.25) is 0 Å². The van der Waals surface area contributed by atoms with Crippen LogP contribution in [-0.2, 0) is 11.3 Å². The van der Waals surface area contributed by atoms with Crippen LogP contribution in [0.5, 0.6) is 0 Å². The average molecular weight is 356 g/mol. The Kier molecular flexibility index (Phi) is 4.56. The zero-order valence-corrected chi connectivity index (χ0v) is 13.3. The average Bonchev–Trinajstić information content (AvgIpc) is 3.06. The molecule has 0 aliphatic carbocycles. The summed E-state index contributed by atoms with van der Waals surface area (Å²) in [5.74, 6) is -2.32. The fourth-order valence-electron chi connectivity index (χ4n) is 2.22.